The Morgan fingerprint density at radius 1 is 1.03 bits per heavy atom. The van der Waals surface area contributed by atoms with Crippen LogP contribution in [0.2, 0.25) is 0 Å². The third-order valence-corrected chi connectivity index (χ3v) is 7.54. The molecule has 0 spiro atoms. The summed E-state index contributed by atoms with van der Waals surface area (Å²) in [6.45, 7) is 1.72. The quantitative estimate of drug-likeness (QED) is 0.659. The maximum absolute atomic E-state index is 13.0. The van der Waals surface area contributed by atoms with E-state index in [9.17, 15) is 19.5 Å². The van der Waals surface area contributed by atoms with Gasteiger partial charge in [0.05, 0.1) is 17.9 Å². The minimum Gasteiger partial charge on any atom is -0.481 e. The third-order valence-electron chi connectivity index (χ3n) is 7.54. The number of carboxylic acid groups (broad SMARTS) is 1. The molecule has 8 nitrogen and oxygen atoms in total. The molecule has 2 fully saturated rings. The highest BCUT2D eigenvalue weighted by molar-refractivity contribution is 5.81. The van der Waals surface area contributed by atoms with Crippen LogP contribution in [0.3, 0.4) is 0 Å². The first-order chi connectivity index (χ1) is 17.0. The minimum absolute atomic E-state index is 0.0435. The monoisotopic (exact) mass is 478 g/mol. The number of carbonyl (C=O) groups is 3. The van der Waals surface area contributed by atoms with Gasteiger partial charge in [0.2, 0.25) is 5.91 Å². The fourth-order valence-corrected chi connectivity index (χ4v) is 5.55. The molecule has 0 saturated carbocycles. The lowest BCUT2D eigenvalue weighted by molar-refractivity contribution is -0.141. The zero-order valence-electron chi connectivity index (χ0n) is 19.6. The first-order valence-electron chi connectivity index (χ1n) is 12.2. The van der Waals surface area contributed by atoms with Crippen molar-refractivity contribution in [2.24, 2.45) is 5.92 Å². The van der Waals surface area contributed by atoms with Crippen LogP contribution >= 0.6 is 0 Å². The standard InChI is InChI=1S/C27H30N2O6/c30-24(29-12-9-18(16-29)25(31)32)15-27(10-13-34-14-11-27)28-26(33)35-17-23-21-7-3-1-5-19(21)20-6-2-4-8-22(20)23/h1-8,18,23H,9-17H2,(H,28,33)(H,31,32). The van der Waals surface area contributed by atoms with Crippen LogP contribution in [0.15, 0.2) is 48.5 Å². The molecule has 5 rings (SSSR count). The number of alkyl carbamates (subject to hydrolysis) is 1. The fourth-order valence-electron chi connectivity index (χ4n) is 5.55. The number of carbonyl (C=O) groups excluding carboxylic acids is 2. The molecule has 2 aromatic rings. The van der Waals surface area contributed by atoms with E-state index >= 15 is 0 Å². The van der Waals surface area contributed by atoms with Crippen molar-refractivity contribution in [2.75, 3.05) is 32.9 Å². The summed E-state index contributed by atoms with van der Waals surface area (Å²) in [6.07, 6.45) is 1.01. The van der Waals surface area contributed by atoms with E-state index in [2.05, 4.69) is 29.6 Å². The van der Waals surface area contributed by atoms with E-state index in [1.54, 1.807) is 4.90 Å². The summed E-state index contributed by atoms with van der Waals surface area (Å²) >= 11 is 0. The summed E-state index contributed by atoms with van der Waals surface area (Å²) in [5, 5.41) is 12.2. The molecule has 0 radical (unpaired) electrons. The molecule has 1 unspecified atom stereocenters. The average Bonchev–Trinajstić information content (AvgIpc) is 3.47. The molecule has 1 atom stereocenters. The van der Waals surface area contributed by atoms with Gasteiger partial charge < -0.3 is 24.8 Å². The van der Waals surface area contributed by atoms with Crippen LogP contribution in [0.5, 0.6) is 0 Å². The molecule has 35 heavy (non-hydrogen) atoms. The van der Waals surface area contributed by atoms with Crippen LogP contribution in [0.4, 0.5) is 4.79 Å². The Labute approximate surface area is 204 Å². The number of rotatable bonds is 6. The number of fused-ring (bicyclic) bond motifs is 3. The van der Waals surface area contributed by atoms with Gasteiger partial charge in [0.15, 0.2) is 0 Å². The number of nitrogens with zero attached hydrogens (tertiary/aromatic N) is 1. The zero-order valence-corrected chi connectivity index (χ0v) is 19.6. The van der Waals surface area contributed by atoms with Gasteiger partial charge in [0.25, 0.3) is 0 Å². The summed E-state index contributed by atoms with van der Waals surface area (Å²) in [5.74, 6) is -1.59. The van der Waals surface area contributed by atoms with E-state index in [-0.39, 0.29) is 31.4 Å². The smallest absolute Gasteiger partial charge is 0.407 e. The van der Waals surface area contributed by atoms with Crippen LogP contribution in [0, 0.1) is 5.92 Å². The predicted octanol–water partition coefficient (Wildman–Crippen LogP) is 3.40. The van der Waals surface area contributed by atoms with Gasteiger partial charge in [-0.05, 0) is 41.5 Å². The number of aliphatic carboxylic acids is 1. The molecular formula is C27H30N2O6. The summed E-state index contributed by atoms with van der Waals surface area (Å²) in [7, 11) is 0. The number of hydrogen-bond donors (Lipinski definition) is 2. The van der Waals surface area contributed by atoms with Crippen LogP contribution in [0.1, 0.15) is 42.7 Å². The Hall–Kier alpha value is -3.39. The molecule has 1 aliphatic carbocycles. The zero-order chi connectivity index (χ0) is 24.4. The van der Waals surface area contributed by atoms with E-state index in [0.29, 0.717) is 39.0 Å². The van der Waals surface area contributed by atoms with Gasteiger partial charge >= 0.3 is 12.1 Å². The molecular weight excluding hydrogens is 448 g/mol. The highest BCUT2D eigenvalue weighted by Crippen LogP contribution is 2.44. The van der Waals surface area contributed by atoms with Crippen molar-refractivity contribution in [3.63, 3.8) is 0 Å². The fraction of sp³-hybridized carbons (Fsp3) is 0.444. The molecule has 8 heteroatoms. The van der Waals surface area contributed by atoms with E-state index in [4.69, 9.17) is 9.47 Å². The van der Waals surface area contributed by atoms with E-state index in [1.807, 2.05) is 24.3 Å². The Bertz CT molecular complexity index is 1080. The van der Waals surface area contributed by atoms with Crippen LogP contribution in [0.25, 0.3) is 11.1 Å². The van der Waals surface area contributed by atoms with Gasteiger partial charge in [-0.2, -0.15) is 0 Å². The van der Waals surface area contributed by atoms with Crippen molar-refractivity contribution in [3.8, 4) is 11.1 Å². The molecule has 2 saturated heterocycles. The normalized spacial score (nSPS) is 20.7. The molecule has 184 valence electrons. The maximum atomic E-state index is 13.0. The van der Waals surface area contributed by atoms with Crippen molar-refractivity contribution in [3.05, 3.63) is 59.7 Å². The molecule has 2 aromatic carbocycles. The van der Waals surface area contributed by atoms with Crippen molar-refractivity contribution < 1.29 is 29.0 Å². The van der Waals surface area contributed by atoms with Crippen molar-refractivity contribution in [1.82, 2.24) is 10.2 Å². The second kappa shape index (κ2) is 9.70. The van der Waals surface area contributed by atoms with Crippen LogP contribution in [-0.4, -0.2) is 66.4 Å². The number of nitrogens with one attached hydrogen (secondary N) is 1. The van der Waals surface area contributed by atoms with Gasteiger partial charge in [-0.15, -0.1) is 0 Å². The largest absolute Gasteiger partial charge is 0.481 e. The molecule has 0 bridgehead atoms. The van der Waals surface area contributed by atoms with E-state index in [0.717, 1.165) is 22.3 Å². The highest BCUT2D eigenvalue weighted by atomic mass is 16.5. The first-order valence-corrected chi connectivity index (χ1v) is 12.2. The Balaban J connectivity index is 1.24. The summed E-state index contributed by atoms with van der Waals surface area (Å²) in [6, 6.07) is 16.3. The predicted molar refractivity (Wildman–Crippen MR) is 128 cm³/mol. The van der Waals surface area contributed by atoms with Crippen molar-refractivity contribution in [1.29, 1.82) is 0 Å². The second-order valence-corrected chi connectivity index (χ2v) is 9.68. The lowest BCUT2D eigenvalue weighted by Gasteiger charge is -2.38. The number of amides is 2. The van der Waals surface area contributed by atoms with E-state index < -0.39 is 23.5 Å². The lowest BCUT2D eigenvalue weighted by Crippen LogP contribution is -2.54. The first kappa shape index (κ1) is 23.4. The number of likely N-dealkylation sites (tertiary alicyclic amines) is 1. The molecule has 2 heterocycles. The minimum atomic E-state index is -0.877. The van der Waals surface area contributed by atoms with Gasteiger partial charge in [0, 0.05) is 32.2 Å². The van der Waals surface area contributed by atoms with Gasteiger partial charge in [-0.1, -0.05) is 48.5 Å². The van der Waals surface area contributed by atoms with Gasteiger partial charge in [-0.25, -0.2) is 4.79 Å². The molecule has 0 aromatic heterocycles. The number of benzene rings is 2. The van der Waals surface area contributed by atoms with E-state index in [1.165, 1.54) is 0 Å². The SMILES string of the molecule is O=C(NC1(CC(=O)N2CCC(C(=O)O)C2)CCOCC1)OCC1c2ccccc2-c2ccccc21. The Kier molecular flexibility index (Phi) is 6.47. The third kappa shape index (κ3) is 4.75. The topological polar surface area (TPSA) is 105 Å². The van der Waals surface area contributed by atoms with Gasteiger partial charge in [0.1, 0.15) is 6.61 Å². The van der Waals surface area contributed by atoms with Crippen LogP contribution < -0.4 is 5.32 Å². The highest BCUT2D eigenvalue weighted by Gasteiger charge is 2.40. The lowest BCUT2D eigenvalue weighted by atomic mass is 9.86. The summed E-state index contributed by atoms with van der Waals surface area (Å²) in [4.78, 5) is 38.8. The Morgan fingerprint density at radius 3 is 2.26 bits per heavy atom. The molecule has 2 N–H and O–H groups in total. The molecule has 2 amide bonds. The molecule has 2 aliphatic heterocycles. The summed E-state index contributed by atoms with van der Waals surface area (Å²) < 4.78 is 11.2. The Morgan fingerprint density at radius 2 is 1.66 bits per heavy atom. The molecule has 3 aliphatic rings. The van der Waals surface area contributed by atoms with Crippen LogP contribution in [-0.2, 0) is 19.1 Å². The number of carboxylic acids is 1. The second-order valence-electron chi connectivity index (χ2n) is 9.68. The van der Waals surface area contributed by atoms with Gasteiger partial charge in [-0.3, -0.25) is 9.59 Å². The number of hydrogen-bond acceptors (Lipinski definition) is 5. The average molecular weight is 479 g/mol. The number of ether oxygens (including phenoxy) is 2. The van der Waals surface area contributed by atoms with Crippen molar-refractivity contribution in [2.45, 2.75) is 37.1 Å². The van der Waals surface area contributed by atoms with Crippen molar-refractivity contribution >= 4 is 18.0 Å². The summed E-state index contributed by atoms with van der Waals surface area (Å²) in [5.41, 5.74) is 3.83. The maximum Gasteiger partial charge on any atom is 0.407 e.